The second-order valence-corrected chi connectivity index (χ2v) is 7.40. The summed E-state index contributed by atoms with van der Waals surface area (Å²) in [7, 11) is 0. The summed E-state index contributed by atoms with van der Waals surface area (Å²) in [5, 5.41) is 4.12. The monoisotopic (exact) mass is 327 g/mol. The van der Waals surface area contributed by atoms with E-state index in [0.29, 0.717) is 0 Å². The van der Waals surface area contributed by atoms with Crippen molar-refractivity contribution >= 4 is 22.8 Å². The molecule has 0 bridgehead atoms. The lowest BCUT2D eigenvalue weighted by atomic mass is 10.1. The van der Waals surface area contributed by atoms with Crippen LogP contribution in [0, 0.1) is 6.92 Å². The number of benzene rings is 1. The van der Waals surface area contributed by atoms with Gasteiger partial charge in [0.1, 0.15) is 11.4 Å². The van der Waals surface area contributed by atoms with E-state index in [9.17, 15) is 4.79 Å². The second-order valence-electron chi connectivity index (χ2n) is 7.40. The van der Waals surface area contributed by atoms with E-state index in [1.807, 2.05) is 39.0 Å². The molecule has 0 unspecified atom stereocenters. The molecule has 128 valence electrons. The summed E-state index contributed by atoms with van der Waals surface area (Å²) in [4.78, 5) is 19.0. The van der Waals surface area contributed by atoms with E-state index in [1.165, 1.54) is 0 Å². The lowest BCUT2D eigenvalue weighted by Gasteiger charge is -2.23. The van der Waals surface area contributed by atoms with Gasteiger partial charge in [0.05, 0.1) is 11.6 Å². The first kappa shape index (κ1) is 16.6. The van der Waals surface area contributed by atoms with Gasteiger partial charge >= 0.3 is 6.09 Å². The number of para-hydroxylation sites is 1. The average Bonchev–Trinajstić information content (AvgIpc) is 2.92. The van der Waals surface area contributed by atoms with Crippen molar-refractivity contribution in [2.24, 2.45) is 0 Å². The van der Waals surface area contributed by atoms with Crippen molar-refractivity contribution in [2.75, 3.05) is 18.0 Å². The number of hydrogen-bond acceptors (Lipinski definition) is 4. The van der Waals surface area contributed by atoms with Crippen molar-refractivity contribution < 1.29 is 9.53 Å². The van der Waals surface area contributed by atoms with Gasteiger partial charge in [0, 0.05) is 18.5 Å². The molecule has 24 heavy (non-hydrogen) atoms. The molecule has 1 saturated heterocycles. The number of carbonyl (C=O) groups excluding carboxylic acids is 1. The molecule has 1 fully saturated rings. The van der Waals surface area contributed by atoms with Crippen molar-refractivity contribution in [1.29, 1.82) is 0 Å². The third-order valence-corrected chi connectivity index (χ3v) is 4.10. The van der Waals surface area contributed by atoms with Gasteiger partial charge in [0.15, 0.2) is 0 Å². The first-order valence-electron chi connectivity index (χ1n) is 8.43. The smallest absolute Gasteiger partial charge is 0.407 e. The first-order valence-corrected chi connectivity index (χ1v) is 8.43. The highest BCUT2D eigenvalue weighted by Gasteiger charge is 2.27. The molecular weight excluding hydrogens is 302 g/mol. The Morgan fingerprint density at radius 1 is 1.33 bits per heavy atom. The van der Waals surface area contributed by atoms with Crippen LogP contribution >= 0.6 is 0 Å². The molecular formula is C19H25N3O2. The minimum absolute atomic E-state index is 0.0903. The van der Waals surface area contributed by atoms with Crippen LogP contribution in [0.4, 0.5) is 10.6 Å². The number of anilines is 1. The van der Waals surface area contributed by atoms with Crippen molar-refractivity contribution in [1.82, 2.24) is 10.3 Å². The Bertz CT molecular complexity index is 752. The summed E-state index contributed by atoms with van der Waals surface area (Å²) >= 11 is 0. The predicted molar refractivity (Wildman–Crippen MR) is 96.5 cm³/mol. The molecule has 2 aromatic rings. The summed E-state index contributed by atoms with van der Waals surface area (Å²) < 4.78 is 5.34. The fourth-order valence-electron chi connectivity index (χ4n) is 3.08. The molecule has 1 N–H and O–H groups in total. The van der Waals surface area contributed by atoms with Crippen LogP contribution in [-0.2, 0) is 4.74 Å². The quantitative estimate of drug-likeness (QED) is 0.915. The first-order chi connectivity index (χ1) is 11.3. The van der Waals surface area contributed by atoms with Gasteiger partial charge in [-0.25, -0.2) is 9.78 Å². The van der Waals surface area contributed by atoms with E-state index in [0.717, 1.165) is 41.8 Å². The molecule has 1 atom stereocenters. The maximum Gasteiger partial charge on any atom is 0.407 e. The summed E-state index contributed by atoms with van der Waals surface area (Å²) in [5.41, 5.74) is 1.69. The minimum Gasteiger partial charge on any atom is -0.444 e. The van der Waals surface area contributed by atoms with Gasteiger partial charge in [-0.1, -0.05) is 18.2 Å². The summed E-state index contributed by atoms with van der Waals surface area (Å²) in [6.45, 7) is 9.34. The van der Waals surface area contributed by atoms with Gasteiger partial charge in [-0.05, 0) is 51.8 Å². The topological polar surface area (TPSA) is 54.5 Å². The number of rotatable bonds is 2. The minimum atomic E-state index is -0.473. The Hall–Kier alpha value is -2.30. The molecule has 1 aromatic heterocycles. The number of carbonyl (C=O) groups is 1. The molecule has 1 aliphatic rings. The van der Waals surface area contributed by atoms with Crippen molar-refractivity contribution in [3.05, 3.63) is 35.9 Å². The average molecular weight is 327 g/mol. The third-order valence-electron chi connectivity index (χ3n) is 4.10. The summed E-state index contributed by atoms with van der Waals surface area (Å²) in [6.07, 6.45) is 0.547. The SMILES string of the molecule is Cc1cc2ccccc2nc1N1CC[C@@H](NC(=O)OC(C)(C)C)C1. The predicted octanol–water partition coefficient (Wildman–Crippen LogP) is 3.65. The number of aromatic nitrogens is 1. The van der Waals surface area contributed by atoms with Crippen LogP contribution in [0.1, 0.15) is 32.8 Å². The number of fused-ring (bicyclic) bond motifs is 1. The highest BCUT2D eigenvalue weighted by Crippen LogP contribution is 2.26. The van der Waals surface area contributed by atoms with Crippen LogP contribution in [0.2, 0.25) is 0 Å². The molecule has 0 aliphatic carbocycles. The zero-order valence-corrected chi connectivity index (χ0v) is 14.8. The number of aryl methyl sites for hydroxylation is 1. The fourth-order valence-corrected chi connectivity index (χ4v) is 3.08. The Kier molecular flexibility index (Phi) is 4.35. The largest absolute Gasteiger partial charge is 0.444 e. The van der Waals surface area contributed by atoms with Crippen LogP contribution in [0.15, 0.2) is 30.3 Å². The van der Waals surface area contributed by atoms with Crippen LogP contribution in [0.3, 0.4) is 0 Å². The molecule has 1 aromatic carbocycles. The molecule has 0 saturated carbocycles. The zero-order chi connectivity index (χ0) is 17.3. The zero-order valence-electron chi connectivity index (χ0n) is 14.8. The van der Waals surface area contributed by atoms with Crippen LogP contribution in [0.25, 0.3) is 10.9 Å². The second kappa shape index (κ2) is 6.30. The van der Waals surface area contributed by atoms with E-state index in [1.54, 1.807) is 0 Å². The standard InChI is InChI=1S/C19H25N3O2/c1-13-11-14-7-5-6-8-16(14)21-17(13)22-10-9-15(12-22)20-18(23)24-19(2,3)4/h5-8,11,15H,9-10,12H2,1-4H3,(H,20,23)/t15-/m1/s1. The van der Waals surface area contributed by atoms with Gasteiger partial charge in [0.2, 0.25) is 0 Å². The van der Waals surface area contributed by atoms with Gasteiger partial charge < -0.3 is 15.0 Å². The number of alkyl carbamates (subject to hydrolysis) is 1. The Balaban J connectivity index is 1.69. The number of pyridine rings is 1. The third kappa shape index (κ3) is 3.78. The molecule has 0 radical (unpaired) electrons. The molecule has 1 aliphatic heterocycles. The number of hydrogen-bond donors (Lipinski definition) is 1. The fraction of sp³-hybridized carbons (Fsp3) is 0.474. The van der Waals surface area contributed by atoms with E-state index in [2.05, 4.69) is 29.3 Å². The van der Waals surface area contributed by atoms with Crippen molar-refractivity contribution in [2.45, 2.75) is 45.8 Å². The Labute approximate surface area is 143 Å². The normalized spacial score (nSPS) is 18.0. The Morgan fingerprint density at radius 3 is 2.83 bits per heavy atom. The van der Waals surface area contributed by atoms with E-state index in [4.69, 9.17) is 9.72 Å². The van der Waals surface area contributed by atoms with Crippen LogP contribution < -0.4 is 10.2 Å². The lowest BCUT2D eigenvalue weighted by molar-refractivity contribution is 0.0509. The summed E-state index contributed by atoms with van der Waals surface area (Å²) in [5.74, 6) is 1.00. The summed E-state index contributed by atoms with van der Waals surface area (Å²) in [6, 6.07) is 10.4. The Morgan fingerprint density at radius 2 is 2.08 bits per heavy atom. The van der Waals surface area contributed by atoms with Gasteiger partial charge in [0.25, 0.3) is 0 Å². The lowest BCUT2D eigenvalue weighted by Crippen LogP contribution is -2.40. The maximum atomic E-state index is 11.9. The number of nitrogens with zero attached hydrogens (tertiary/aromatic N) is 2. The molecule has 2 heterocycles. The van der Waals surface area contributed by atoms with Gasteiger partial charge in [-0.15, -0.1) is 0 Å². The number of nitrogens with one attached hydrogen (secondary N) is 1. The number of amides is 1. The molecule has 3 rings (SSSR count). The highest BCUT2D eigenvalue weighted by molar-refractivity contribution is 5.81. The molecule has 1 amide bonds. The van der Waals surface area contributed by atoms with E-state index >= 15 is 0 Å². The highest BCUT2D eigenvalue weighted by atomic mass is 16.6. The maximum absolute atomic E-state index is 11.9. The van der Waals surface area contributed by atoms with Gasteiger partial charge in [-0.3, -0.25) is 0 Å². The molecule has 0 spiro atoms. The van der Waals surface area contributed by atoms with Crippen LogP contribution in [-0.4, -0.2) is 35.8 Å². The number of ether oxygens (including phenoxy) is 1. The van der Waals surface area contributed by atoms with Crippen molar-refractivity contribution in [3.63, 3.8) is 0 Å². The van der Waals surface area contributed by atoms with Crippen LogP contribution in [0.5, 0.6) is 0 Å². The van der Waals surface area contributed by atoms with E-state index < -0.39 is 5.60 Å². The van der Waals surface area contributed by atoms with Crippen molar-refractivity contribution in [3.8, 4) is 0 Å². The molecule has 5 heteroatoms. The van der Waals surface area contributed by atoms with Gasteiger partial charge in [-0.2, -0.15) is 0 Å². The van der Waals surface area contributed by atoms with E-state index in [-0.39, 0.29) is 12.1 Å². The molecule has 5 nitrogen and oxygen atoms in total.